The monoisotopic (exact) mass is 538 g/mol. The highest BCUT2D eigenvalue weighted by Crippen LogP contribution is 2.47. The summed E-state index contributed by atoms with van der Waals surface area (Å²) < 4.78 is 69.1. The zero-order chi connectivity index (χ0) is 27.5. The summed E-state index contributed by atoms with van der Waals surface area (Å²) in [6.45, 7) is 5.82. The topological polar surface area (TPSA) is 18.5 Å². The van der Waals surface area contributed by atoms with Crippen LogP contribution < -0.4 is 9.47 Å². The van der Waals surface area contributed by atoms with Gasteiger partial charge in [-0.3, -0.25) is 0 Å². The van der Waals surface area contributed by atoms with Crippen LogP contribution in [0.4, 0.5) is 17.6 Å². The Morgan fingerprint density at radius 3 is 1.92 bits per heavy atom. The molecule has 0 N–H and O–H groups in total. The Morgan fingerprint density at radius 1 is 0.718 bits per heavy atom. The molecule has 0 spiro atoms. The maximum atomic E-state index is 14.9. The number of benzene rings is 3. The van der Waals surface area contributed by atoms with E-state index in [2.05, 4.69) is 24.8 Å². The fourth-order valence-corrected chi connectivity index (χ4v) is 6.35. The van der Waals surface area contributed by atoms with Gasteiger partial charge in [0.2, 0.25) is 11.6 Å². The first kappa shape index (κ1) is 27.3. The Kier molecular flexibility index (Phi) is 8.29. The van der Waals surface area contributed by atoms with Crippen molar-refractivity contribution in [3.8, 4) is 22.6 Å². The average molecular weight is 539 g/mol. The Hall–Kier alpha value is -3.28. The van der Waals surface area contributed by atoms with Crippen LogP contribution in [0.25, 0.3) is 11.1 Å². The first-order valence-corrected chi connectivity index (χ1v) is 13.8. The van der Waals surface area contributed by atoms with Crippen LogP contribution in [0.5, 0.6) is 11.5 Å². The molecule has 2 aliphatic rings. The van der Waals surface area contributed by atoms with Gasteiger partial charge in [0.1, 0.15) is 6.61 Å². The SMILES string of the molecule is C=CC1CCC2CC(c3ccc(COc4ccc(-c5ccc(OCC)c(F)c5F)c(F)c4F)cc3)CCC2C1. The minimum absolute atomic E-state index is 0.0559. The second-order valence-corrected chi connectivity index (χ2v) is 10.8. The summed E-state index contributed by atoms with van der Waals surface area (Å²) >= 11 is 0. The van der Waals surface area contributed by atoms with E-state index < -0.39 is 34.4 Å². The summed E-state index contributed by atoms with van der Waals surface area (Å²) in [4.78, 5) is 0. The van der Waals surface area contributed by atoms with Crippen LogP contribution in [0.15, 0.2) is 61.2 Å². The Labute approximate surface area is 227 Å². The molecule has 0 radical (unpaired) electrons. The first-order chi connectivity index (χ1) is 18.9. The predicted molar refractivity (Wildman–Crippen MR) is 145 cm³/mol. The van der Waals surface area contributed by atoms with Crippen molar-refractivity contribution in [2.24, 2.45) is 17.8 Å². The molecule has 206 valence electrons. The van der Waals surface area contributed by atoms with E-state index in [0.29, 0.717) is 11.8 Å². The van der Waals surface area contributed by atoms with Gasteiger partial charge in [0.05, 0.1) is 6.61 Å². The van der Waals surface area contributed by atoms with E-state index in [1.54, 1.807) is 6.92 Å². The van der Waals surface area contributed by atoms with Gasteiger partial charge in [-0.1, -0.05) is 30.3 Å². The number of allylic oxidation sites excluding steroid dienone is 1. The van der Waals surface area contributed by atoms with Crippen molar-refractivity contribution in [1.29, 1.82) is 0 Å². The van der Waals surface area contributed by atoms with Crippen LogP contribution in [-0.4, -0.2) is 6.61 Å². The van der Waals surface area contributed by atoms with E-state index in [-0.39, 0.29) is 24.7 Å². The van der Waals surface area contributed by atoms with Crippen LogP contribution in [-0.2, 0) is 6.61 Å². The summed E-state index contributed by atoms with van der Waals surface area (Å²) in [5.74, 6) is -2.84. The lowest BCUT2D eigenvalue weighted by Crippen LogP contribution is -2.29. The zero-order valence-electron chi connectivity index (χ0n) is 22.2. The standard InChI is InChI=1S/C33H34F4O2/c1-3-20-5-10-25-18-24(12-11-23(25)17-20)22-8-6-21(7-9-22)19-39-29-16-14-27(31(35)33(29)37)26-13-15-28(38-4-2)32(36)30(26)34/h3,6-9,13-16,20,23-25H,1,4-5,10-12,17-19H2,2H3. The Bertz CT molecular complexity index is 1320. The molecular weight excluding hydrogens is 504 g/mol. The maximum absolute atomic E-state index is 14.9. The lowest BCUT2D eigenvalue weighted by Gasteiger charge is -2.41. The molecule has 0 aliphatic heterocycles. The van der Waals surface area contributed by atoms with Crippen molar-refractivity contribution in [2.45, 2.75) is 58.0 Å². The van der Waals surface area contributed by atoms with Crippen LogP contribution in [0.3, 0.4) is 0 Å². The quantitative estimate of drug-likeness (QED) is 0.210. The molecule has 3 aromatic carbocycles. The number of ether oxygens (including phenoxy) is 2. The van der Waals surface area contributed by atoms with E-state index >= 15 is 0 Å². The zero-order valence-corrected chi connectivity index (χ0v) is 22.2. The van der Waals surface area contributed by atoms with Crippen molar-refractivity contribution >= 4 is 0 Å². The second kappa shape index (κ2) is 11.8. The van der Waals surface area contributed by atoms with Crippen LogP contribution in [0.2, 0.25) is 0 Å². The summed E-state index contributed by atoms with van der Waals surface area (Å²) in [6.07, 6.45) is 9.61. The summed E-state index contributed by atoms with van der Waals surface area (Å²) in [5.41, 5.74) is 1.37. The average Bonchev–Trinajstić information content (AvgIpc) is 2.96. The van der Waals surface area contributed by atoms with Crippen LogP contribution >= 0.6 is 0 Å². The van der Waals surface area contributed by atoms with Gasteiger partial charge >= 0.3 is 0 Å². The van der Waals surface area contributed by atoms with Crippen molar-refractivity contribution in [2.75, 3.05) is 6.61 Å². The molecule has 2 aliphatic carbocycles. The van der Waals surface area contributed by atoms with Crippen LogP contribution in [0.1, 0.15) is 62.5 Å². The molecular formula is C33H34F4O2. The molecule has 0 saturated heterocycles. The van der Waals surface area contributed by atoms with E-state index in [1.165, 1.54) is 68.4 Å². The number of fused-ring (bicyclic) bond motifs is 1. The number of rotatable bonds is 8. The van der Waals surface area contributed by atoms with Gasteiger partial charge in [-0.2, -0.15) is 8.78 Å². The van der Waals surface area contributed by atoms with Crippen molar-refractivity contribution in [3.05, 3.63) is 95.6 Å². The highest BCUT2D eigenvalue weighted by atomic mass is 19.2. The smallest absolute Gasteiger partial charge is 0.201 e. The van der Waals surface area contributed by atoms with Crippen molar-refractivity contribution < 1.29 is 27.0 Å². The number of halogens is 4. The van der Waals surface area contributed by atoms with E-state index in [1.807, 2.05) is 12.1 Å². The molecule has 6 heteroatoms. The highest BCUT2D eigenvalue weighted by Gasteiger charge is 2.35. The maximum Gasteiger partial charge on any atom is 0.201 e. The summed E-state index contributed by atoms with van der Waals surface area (Å²) in [5, 5.41) is 0. The predicted octanol–water partition coefficient (Wildman–Crippen LogP) is 9.37. The van der Waals surface area contributed by atoms with Crippen LogP contribution in [0, 0.1) is 41.0 Å². The van der Waals surface area contributed by atoms with Gasteiger partial charge in [-0.25, -0.2) is 8.78 Å². The molecule has 0 heterocycles. The first-order valence-electron chi connectivity index (χ1n) is 13.8. The molecule has 4 atom stereocenters. The van der Waals surface area contributed by atoms with E-state index in [0.717, 1.165) is 17.4 Å². The van der Waals surface area contributed by atoms with Gasteiger partial charge in [0.25, 0.3) is 0 Å². The fraction of sp³-hybridized carbons (Fsp3) is 0.394. The normalized spacial score (nSPS) is 22.7. The van der Waals surface area contributed by atoms with Crippen molar-refractivity contribution in [1.82, 2.24) is 0 Å². The Balaban J connectivity index is 1.23. The molecule has 2 nitrogen and oxygen atoms in total. The molecule has 0 bridgehead atoms. The second-order valence-electron chi connectivity index (χ2n) is 10.8. The third-order valence-corrected chi connectivity index (χ3v) is 8.52. The minimum atomic E-state index is -1.30. The highest BCUT2D eigenvalue weighted by molar-refractivity contribution is 5.67. The van der Waals surface area contributed by atoms with E-state index in [9.17, 15) is 17.6 Å². The van der Waals surface area contributed by atoms with Gasteiger partial charge in [-0.05, 0) is 105 Å². The number of hydrogen-bond donors (Lipinski definition) is 0. The summed E-state index contributed by atoms with van der Waals surface area (Å²) in [7, 11) is 0. The molecule has 4 unspecified atom stereocenters. The molecule has 5 rings (SSSR count). The molecule has 0 amide bonds. The molecule has 2 fully saturated rings. The molecule has 0 aromatic heterocycles. The van der Waals surface area contributed by atoms with Crippen molar-refractivity contribution in [3.63, 3.8) is 0 Å². The van der Waals surface area contributed by atoms with Gasteiger partial charge in [-0.15, -0.1) is 6.58 Å². The van der Waals surface area contributed by atoms with Gasteiger partial charge < -0.3 is 9.47 Å². The van der Waals surface area contributed by atoms with Gasteiger partial charge in [0, 0.05) is 11.1 Å². The lowest BCUT2D eigenvalue weighted by molar-refractivity contribution is 0.133. The number of hydrogen-bond acceptors (Lipinski definition) is 2. The third-order valence-electron chi connectivity index (χ3n) is 8.52. The molecule has 3 aromatic rings. The van der Waals surface area contributed by atoms with E-state index in [4.69, 9.17) is 9.47 Å². The largest absolute Gasteiger partial charge is 0.491 e. The third kappa shape index (κ3) is 5.70. The molecule has 39 heavy (non-hydrogen) atoms. The summed E-state index contributed by atoms with van der Waals surface area (Å²) in [6, 6.07) is 12.9. The lowest BCUT2D eigenvalue weighted by atomic mass is 9.64. The minimum Gasteiger partial charge on any atom is -0.491 e. The van der Waals surface area contributed by atoms with Gasteiger partial charge in [0.15, 0.2) is 23.1 Å². The fourth-order valence-electron chi connectivity index (χ4n) is 6.35. The Morgan fingerprint density at radius 2 is 1.31 bits per heavy atom. The molecule has 2 saturated carbocycles.